The van der Waals surface area contributed by atoms with Crippen molar-refractivity contribution in [3.05, 3.63) is 54.4 Å². The van der Waals surface area contributed by atoms with E-state index in [1.54, 1.807) is 12.3 Å². The highest BCUT2D eigenvalue weighted by atomic mass is 16.1. The predicted molar refractivity (Wildman–Crippen MR) is 83.4 cm³/mol. The van der Waals surface area contributed by atoms with E-state index in [-0.39, 0.29) is 5.57 Å². The molecule has 1 aromatic carbocycles. The quantitative estimate of drug-likeness (QED) is 0.556. The fourth-order valence-electron chi connectivity index (χ4n) is 2.30. The van der Waals surface area contributed by atoms with Gasteiger partial charge in [-0.2, -0.15) is 0 Å². The Balaban J connectivity index is 2.30. The van der Waals surface area contributed by atoms with E-state index in [1.165, 1.54) is 0 Å². The summed E-state index contributed by atoms with van der Waals surface area (Å²) in [6.07, 6.45) is 2.68. The second-order valence-electron chi connectivity index (χ2n) is 4.73. The van der Waals surface area contributed by atoms with E-state index in [4.69, 9.17) is 11.5 Å². The molecule has 0 saturated heterocycles. The number of hydrogen-bond acceptors (Lipinski definition) is 4. The topological polar surface area (TPSA) is 112 Å². The van der Waals surface area contributed by atoms with Gasteiger partial charge in [0.05, 0.1) is 22.3 Å². The highest BCUT2D eigenvalue weighted by Gasteiger charge is 2.13. The van der Waals surface area contributed by atoms with Gasteiger partial charge < -0.3 is 11.5 Å². The van der Waals surface area contributed by atoms with Crippen LogP contribution in [0.1, 0.15) is 5.69 Å². The van der Waals surface area contributed by atoms with Crippen molar-refractivity contribution in [2.24, 2.45) is 11.5 Å². The minimum atomic E-state index is -0.760. The summed E-state index contributed by atoms with van der Waals surface area (Å²) in [6.45, 7) is 0. The smallest absolute Gasteiger partial charge is 0.251 e. The maximum atomic E-state index is 11.5. The van der Waals surface area contributed by atoms with Crippen molar-refractivity contribution in [2.45, 2.75) is 0 Å². The van der Waals surface area contributed by atoms with Crippen LogP contribution >= 0.6 is 0 Å². The third-order valence-electron chi connectivity index (χ3n) is 3.27. The molecule has 3 aromatic rings. The first-order valence-corrected chi connectivity index (χ1v) is 6.52. The third-order valence-corrected chi connectivity index (χ3v) is 3.27. The Morgan fingerprint density at radius 3 is 2.55 bits per heavy atom. The van der Waals surface area contributed by atoms with Crippen molar-refractivity contribution in [2.75, 3.05) is 0 Å². The average Bonchev–Trinajstić information content (AvgIpc) is 2.51. The molecule has 2 heterocycles. The molecule has 4 N–H and O–H groups in total. The molecular weight excluding hydrogens is 280 g/mol. The fraction of sp³-hybridized carbons (Fsp3) is 0. The lowest BCUT2D eigenvalue weighted by Crippen LogP contribution is -2.17. The van der Waals surface area contributed by atoms with Crippen LogP contribution in [-0.2, 0) is 9.59 Å². The zero-order chi connectivity index (χ0) is 15.7. The average molecular weight is 292 g/mol. The number of carbonyl (C=O) groups is 2. The van der Waals surface area contributed by atoms with Crippen LogP contribution < -0.4 is 11.5 Å². The van der Waals surface area contributed by atoms with Crippen LogP contribution in [0.25, 0.3) is 27.4 Å². The first-order valence-electron chi connectivity index (χ1n) is 6.52. The van der Waals surface area contributed by atoms with E-state index in [0.717, 1.165) is 22.4 Å². The highest BCUT2D eigenvalue weighted by Crippen LogP contribution is 2.24. The number of benzene rings is 1. The van der Waals surface area contributed by atoms with E-state index in [0.29, 0.717) is 11.2 Å². The number of rotatable bonds is 3. The summed E-state index contributed by atoms with van der Waals surface area (Å²) in [5.74, 6) is -1.51. The lowest BCUT2D eigenvalue weighted by Gasteiger charge is -2.06. The number of aromatic nitrogens is 2. The minimum absolute atomic E-state index is 0.0182. The first kappa shape index (κ1) is 13.7. The van der Waals surface area contributed by atoms with Gasteiger partial charge in [-0.15, -0.1) is 0 Å². The molecule has 22 heavy (non-hydrogen) atoms. The van der Waals surface area contributed by atoms with Crippen LogP contribution in [0, 0.1) is 0 Å². The summed E-state index contributed by atoms with van der Waals surface area (Å²) in [5.41, 5.74) is 12.2. The van der Waals surface area contributed by atoms with E-state index in [1.807, 2.05) is 30.3 Å². The van der Waals surface area contributed by atoms with Crippen molar-refractivity contribution in [3.8, 4) is 0 Å². The minimum Gasteiger partial charge on any atom is -0.366 e. The van der Waals surface area contributed by atoms with Gasteiger partial charge in [0, 0.05) is 23.0 Å². The Morgan fingerprint density at radius 1 is 1.05 bits per heavy atom. The molecule has 0 bridgehead atoms. The first-order chi connectivity index (χ1) is 10.6. The van der Waals surface area contributed by atoms with Crippen molar-refractivity contribution < 1.29 is 9.59 Å². The summed E-state index contributed by atoms with van der Waals surface area (Å²) < 4.78 is 0. The van der Waals surface area contributed by atoms with Gasteiger partial charge in [-0.25, -0.2) is 4.98 Å². The molecular formula is C16H12N4O2. The number of primary amides is 2. The lowest BCUT2D eigenvalue weighted by atomic mass is 10.1. The maximum Gasteiger partial charge on any atom is 0.251 e. The van der Waals surface area contributed by atoms with Crippen LogP contribution in [0.5, 0.6) is 0 Å². The normalized spacial score (nSPS) is 11.7. The van der Waals surface area contributed by atoms with Crippen molar-refractivity contribution in [1.29, 1.82) is 0 Å². The third kappa shape index (κ3) is 2.37. The molecule has 0 unspecified atom stereocenters. The monoisotopic (exact) mass is 292 g/mol. The molecule has 0 aliphatic carbocycles. The Hall–Kier alpha value is -3.28. The Labute approximate surface area is 125 Å². The van der Waals surface area contributed by atoms with E-state index >= 15 is 0 Å². The molecule has 0 spiro atoms. The number of nitrogens with zero attached hydrogens (tertiary/aromatic N) is 2. The standard InChI is InChI=1S/C16H12N4O2/c17-14(21)8-11(16(18)22)13-6-4-9-3-5-12-10(15(9)20-13)2-1-7-19-12/h1-8H,(H2,17,21)(H2,18,22). The lowest BCUT2D eigenvalue weighted by molar-refractivity contribution is -0.115. The van der Waals surface area contributed by atoms with Crippen LogP contribution in [0.4, 0.5) is 0 Å². The molecule has 108 valence electrons. The van der Waals surface area contributed by atoms with Gasteiger partial charge in [-0.1, -0.05) is 12.1 Å². The van der Waals surface area contributed by atoms with Gasteiger partial charge >= 0.3 is 0 Å². The molecule has 0 fully saturated rings. The van der Waals surface area contributed by atoms with Gasteiger partial charge in [-0.3, -0.25) is 14.6 Å². The Kier molecular flexibility index (Phi) is 3.27. The number of carbonyl (C=O) groups excluding carboxylic acids is 2. The maximum absolute atomic E-state index is 11.5. The van der Waals surface area contributed by atoms with E-state index in [2.05, 4.69) is 9.97 Å². The van der Waals surface area contributed by atoms with Gasteiger partial charge in [0.1, 0.15) is 0 Å². The molecule has 0 atom stereocenters. The Bertz CT molecular complexity index is 947. The highest BCUT2D eigenvalue weighted by molar-refractivity contribution is 6.22. The van der Waals surface area contributed by atoms with Gasteiger partial charge in [0.25, 0.3) is 5.91 Å². The number of pyridine rings is 2. The molecule has 2 aromatic heterocycles. The largest absolute Gasteiger partial charge is 0.366 e. The van der Waals surface area contributed by atoms with Crippen LogP contribution in [-0.4, -0.2) is 21.8 Å². The Morgan fingerprint density at radius 2 is 1.82 bits per heavy atom. The number of nitrogens with two attached hydrogens (primary N) is 2. The molecule has 0 radical (unpaired) electrons. The van der Waals surface area contributed by atoms with Gasteiger partial charge in [0.2, 0.25) is 5.91 Å². The number of fused-ring (bicyclic) bond motifs is 3. The summed E-state index contributed by atoms with van der Waals surface area (Å²) >= 11 is 0. The summed E-state index contributed by atoms with van der Waals surface area (Å²) in [7, 11) is 0. The predicted octanol–water partition coefficient (Wildman–Crippen LogP) is 1.14. The zero-order valence-electron chi connectivity index (χ0n) is 11.5. The number of hydrogen-bond donors (Lipinski definition) is 2. The van der Waals surface area contributed by atoms with Gasteiger partial charge in [-0.05, 0) is 24.3 Å². The van der Waals surface area contributed by atoms with E-state index < -0.39 is 11.8 Å². The second kappa shape index (κ2) is 5.25. The summed E-state index contributed by atoms with van der Waals surface area (Å²) in [5, 5.41) is 1.75. The SMILES string of the molecule is NC(=O)C=C(C(N)=O)c1ccc2ccc3ncccc3c2n1. The molecule has 2 amide bonds. The molecule has 3 rings (SSSR count). The van der Waals surface area contributed by atoms with Crippen LogP contribution in [0.2, 0.25) is 0 Å². The van der Waals surface area contributed by atoms with Crippen molar-refractivity contribution in [3.63, 3.8) is 0 Å². The fourth-order valence-corrected chi connectivity index (χ4v) is 2.30. The summed E-state index contributed by atoms with van der Waals surface area (Å²) in [6, 6.07) is 10.9. The molecule has 6 nitrogen and oxygen atoms in total. The molecule has 6 heteroatoms. The number of amides is 2. The van der Waals surface area contributed by atoms with Crippen molar-refractivity contribution in [1.82, 2.24) is 9.97 Å². The van der Waals surface area contributed by atoms with Crippen LogP contribution in [0.3, 0.4) is 0 Å². The molecule has 0 aliphatic rings. The molecule has 0 saturated carbocycles. The van der Waals surface area contributed by atoms with Gasteiger partial charge in [0.15, 0.2) is 0 Å². The molecule has 0 aliphatic heterocycles. The summed E-state index contributed by atoms with van der Waals surface area (Å²) in [4.78, 5) is 31.3. The van der Waals surface area contributed by atoms with Crippen LogP contribution in [0.15, 0.2) is 48.7 Å². The second-order valence-corrected chi connectivity index (χ2v) is 4.73. The van der Waals surface area contributed by atoms with E-state index in [9.17, 15) is 9.59 Å². The zero-order valence-corrected chi connectivity index (χ0v) is 11.5. The van der Waals surface area contributed by atoms with Crippen molar-refractivity contribution >= 4 is 39.2 Å².